The lowest BCUT2D eigenvalue weighted by atomic mass is 10.1. The lowest BCUT2D eigenvalue weighted by Crippen LogP contribution is -2.24. The number of nitrogens with zero attached hydrogens (tertiary/aromatic N) is 1. The van der Waals surface area contributed by atoms with Crippen LogP contribution in [0.25, 0.3) is 0 Å². The van der Waals surface area contributed by atoms with Crippen molar-refractivity contribution >= 4 is 0 Å². The second-order valence-corrected chi connectivity index (χ2v) is 3.10. The van der Waals surface area contributed by atoms with Gasteiger partial charge in [0.25, 0.3) is 0 Å². The van der Waals surface area contributed by atoms with E-state index in [1.807, 2.05) is 13.0 Å². The van der Waals surface area contributed by atoms with E-state index in [4.69, 9.17) is 10.5 Å². The summed E-state index contributed by atoms with van der Waals surface area (Å²) in [5.41, 5.74) is 6.54. The number of hydrogen-bond donors (Lipinski definition) is 2. The first kappa shape index (κ1) is 10.9. The summed E-state index contributed by atoms with van der Waals surface area (Å²) in [4.78, 5) is 4.06. The predicted octanol–water partition coefficient (Wildman–Crippen LogP) is 0.861. The van der Waals surface area contributed by atoms with Crippen LogP contribution < -0.4 is 10.5 Å². The topological polar surface area (TPSA) is 68.4 Å². The minimum Gasteiger partial charge on any atom is -0.478 e. The van der Waals surface area contributed by atoms with Crippen molar-refractivity contribution in [2.45, 2.75) is 26.0 Å². The molecule has 0 aromatic carbocycles. The van der Waals surface area contributed by atoms with Crippen LogP contribution in [0.3, 0.4) is 0 Å². The largest absolute Gasteiger partial charge is 0.478 e. The van der Waals surface area contributed by atoms with Crippen LogP contribution in [0.15, 0.2) is 18.3 Å². The smallest absolute Gasteiger partial charge is 0.218 e. The van der Waals surface area contributed by atoms with Gasteiger partial charge in [0.2, 0.25) is 5.88 Å². The quantitative estimate of drug-likeness (QED) is 0.749. The van der Waals surface area contributed by atoms with E-state index in [0.717, 1.165) is 5.56 Å². The van der Waals surface area contributed by atoms with Gasteiger partial charge in [0, 0.05) is 11.8 Å². The molecule has 1 aromatic rings. The van der Waals surface area contributed by atoms with Gasteiger partial charge in [-0.15, -0.1) is 0 Å². The molecule has 78 valence electrons. The monoisotopic (exact) mass is 196 g/mol. The predicted molar refractivity (Wildman–Crippen MR) is 54.0 cm³/mol. The van der Waals surface area contributed by atoms with E-state index in [-0.39, 0.29) is 0 Å². The highest BCUT2D eigenvalue weighted by molar-refractivity contribution is 5.29. The second-order valence-electron chi connectivity index (χ2n) is 3.10. The first-order valence-corrected chi connectivity index (χ1v) is 4.68. The van der Waals surface area contributed by atoms with Gasteiger partial charge in [-0.3, -0.25) is 0 Å². The Balaban J connectivity index is 2.94. The van der Waals surface area contributed by atoms with Gasteiger partial charge in [-0.2, -0.15) is 0 Å². The van der Waals surface area contributed by atoms with Crippen molar-refractivity contribution in [1.29, 1.82) is 0 Å². The molecule has 0 fully saturated rings. The zero-order valence-electron chi connectivity index (χ0n) is 8.47. The van der Waals surface area contributed by atoms with Gasteiger partial charge in [0.1, 0.15) is 0 Å². The molecule has 1 rings (SSSR count). The maximum atomic E-state index is 9.36. The van der Waals surface area contributed by atoms with Gasteiger partial charge in [-0.25, -0.2) is 4.98 Å². The molecule has 0 radical (unpaired) electrons. The average molecular weight is 196 g/mol. The number of rotatable bonds is 4. The number of hydrogen-bond acceptors (Lipinski definition) is 4. The summed E-state index contributed by atoms with van der Waals surface area (Å²) >= 11 is 0. The van der Waals surface area contributed by atoms with E-state index in [1.165, 1.54) is 0 Å². The van der Waals surface area contributed by atoms with Crippen LogP contribution in [0.5, 0.6) is 5.88 Å². The molecule has 0 aliphatic rings. The molecule has 0 amide bonds. The van der Waals surface area contributed by atoms with Crippen LogP contribution in [0.4, 0.5) is 0 Å². The number of nitrogens with two attached hydrogens (primary N) is 1. The minimum absolute atomic E-state index is 0.453. The molecule has 2 atom stereocenters. The summed E-state index contributed by atoms with van der Waals surface area (Å²) in [7, 11) is 0. The lowest BCUT2D eigenvalue weighted by Gasteiger charge is -2.17. The summed E-state index contributed by atoms with van der Waals surface area (Å²) in [5.74, 6) is 0.503. The number of pyridine rings is 1. The Morgan fingerprint density at radius 2 is 2.36 bits per heavy atom. The molecule has 0 saturated heterocycles. The van der Waals surface area contributed by atoms with Crippen molar-refractivity contribution in [3.05, 3.63) is 23.9 Å². The molecule has 4 heteroatoms. The Kier molecular flexibility index (Phi) is 3.85. The van der Waals surface area contributed by atoms with Crippen molar-refractivity contribution in [3.8, 4) is 5.88 Å². The lowest BCUT2D eigenvalue weighted by molar-refractivity contribution is 0.161. The molecule has 1 aromatic heterocycles. The number of aromatic nitrogens is 1. The van der Waals surface area contributed by atoms with Crippen molar-refractivity contribution in [1.82, 2.24) is 4.98 Å². The zero-order chi connectivity index (χ0) is 10.6. The molecule has 0 spiro atoms. The zero-order valence-corrected chi connectivity index (χ0v) is 8.47. The Labute approximate surface area is 83.7 Å². The standard InChI is InChI=1S/C10H16N2O2/c1-3-14-10-8(5-4-6-12-10)9(11)7(2)13/h4-7,9,13H,3,11H2,1-2H3/t7-,9-/m0/s1. The molecular formula is C10H16N2O2. The van der Waals surface area contributed by atoms with Crippen LogP contribution in [0.2, 0.25) is 0 Å². The van der Waals surface area contributed by atoms with Crippen LogP contribution in [0, 0.1) is 0 Å². The third-order valence-corrected chi connectivity index (χ3v) is 1.96. The van der Waals surface area contributed by atoms with E-state index in [1.54, 1.807) is 19.2 Å². The fourth-order valence-electron chi connectivity index (χ4n) is 1.17. The molecule has 0 unspecified atom stereocenters. The highest BCUT2D eigenvalue weighted by atomic mass is 16.5. The van der Waals surface area contributed by atoms with Crippen molar-refractivity contribution in [2.24, 2.45) is 5.73 Å². The van der Waals surface area contributed by atoms with Gasteiger partial charge in [0.05, 0.1) is 18.8 Å². The van der Waals surface area contributed by atoms with Crippen molar-refractivity contribution < 1.29 is 9.84 Å². The highest BCUT2D eigenvalue weighted by Crippen LogP contribution is 2.22. The average Bonchev–Trinajstić information content (AvgIpc) is 2.18. The first-order valence-electron chi connectivity index (χ1n) is 4.68. The van der Waals surface area contributed by atoms with Gasteiger partial charge in [-0.1, -0.05) is 6.07 Å². The van der Waals surface area contributed by atoms with Crippen LogP contribution in [-0.4, -0.2) is 22.8 Å². The maximum absolute atomic E-state index is 9.36. The molecule has 0 aliphatic heterocycles. The van der Waals surface area contributed by atoms with Crippen LogP contribution >= 0.6 is 0 Å². The first-order chi connectivity index (χ1) is 6.66. The Hall–Kier alpha value is -1.13. The Bertz CT molecular complexity index is 289. The molecule has 0 saturated carbocycles. The number of ether oxygens (including phenoxy) is 1. The summed E-state index contributed by atoms with van der Waals surface area (Å²) < 4.78 is 5.31. The SMILES string of the molecule is CCOc1ncccc1[C@@H](N)[C@H](C)O. The van der Waals surface area contributed by atoms with Gasteiger partial charge in [-0.05, 0) is 19.9 Å². The van der Waals surface area contributed by atoms with E-state index in [0.29, 0.717) is 12.5 Å². The summed E-state index contributed by atoms with van der Waals surface area (Å²) in [5, 5.41) is 9.36. The fraction of sp³-hybridized carbons (Fsp3) is 0.500. The highest BCUT2D eigenvalue weighted by Gasteiger charge is 2.16. The molecule has 0 bridgehead atoms. The fourth-order valence-corrected chi connectivity index (χ4v) is 1.17. The number of aliphatic hydroxyl groups excluding tert-OH is 1. The molecule has 14 heavy (non-hydrogen) atoms. The molecule has 3 N–H and O–H groups in total. The second kappa shape index (κ2) is 4.93. The normalized spacial score (nSPS) is 14.9. The molecule has 1 heterocycles. The molecule has 0 aliphatic carbocycles. The third kappa shape index (κ3) is 2.43. The Morgan fingerprint density at radius 3 is 2.93 bits per heavy atom. The minimum atomic E-state index is -0.613. The van der Waals surface area contributed by atoms with E-state index < -0.39 is 12.1 Å². The van der Waals surface area contributed by atoms with Crippen molar-refractivity contribution in [2.75, 3.05) is 6.61 Å². The molecule has 4 nitrogen and oxygen atoms in total. The van der Waals surface area contributed by atoms with Gasteiger partial charge < -0.3 is 15.6 Å². The summed E-state index contributed by atoms with van der Waals surface area (Å²) in [6, 6.07) is 3.14. The van der Waals surface area contributed by atoms with Crippen LogP contribution in [0.1, 0.15) is 25.5 Å². The summed E-state index contributed by atoms with van der Waals surface area (Å²) in [6.45, 7) is 4.07. The Morgan fingerprint density at radius 1 is 1.64 bits per heavy atom. The van der Waals surface area contributed by atoms with Crippen LogP contribution in [-0.2, 0) is 0 Å². The van der Waals surface area contributed by atoms with E-state index >= 15 is 0 Å². The maximum Gasteiger partial charge on any atom is 0.218 e. The summed E-state index contributed by atoms with van der Waals surface area (Å²) in [6.07, 6.45) is 1.03. The third-order valence-electron chi connectivity index (χ3n) is 1.96. The molecular weight excluding hydrogens is 180 g/mol. The van der Waals surface area contributed by atoms with Gasteiger partial charge in [0.15, 0.2) is 0 Å². The van der Waals surface area contributed by atoms with Gasteiger partial charge >= 0.3 is 0 Å². The van der Waals surface area contributed by atoms with Crippen molar-refractivity contribution in [3.63, 3.8) is 0 Å². The van der Waals surface area contributed by atoms with E-state index in [9.17, 15) is 5.11 Å². The number of aliphatic hydroxyl groups is 1. The van der Waals surface area contributed by atoms with E-state index in [2.05, 4.69) is 4.98 Å².